The van der Waals surface area contributed by atoms with Gasteiger partial charge in [-0.25, -0.2) is 0 Å². The Kier molecular flexibility index (Phi) is 8.74. The Balaban J connectivity index is 1.80. The van der Waals surface area contributed by atoms with E-state index in [4.69, 9.17) is 9.47 Å². The van der Waals surface area contributed by atoms with Crippen molar-refractivity contribution in [1.82, 2.24) is 0 Å². The maximum Gasteiger partial charge on any atom is 0.309 e. The number of carbonyl (C=O) groups excluding carboxylic acids is 3. The van der Waals surface area contributed by atoms with Crippen molar-refractivity contribution in [3.63, 3.8) is 0 Å². The molecule has 230 valence electrons. The third kappa shape index (κ3) is 4.72. The monoisotopic (exact) mass is 574 g/mol. The van der Waals surface area contributed by atoms with E-state index in [2.05, 4.69) is 6.92 Å². The fraction of sp³-hybridized carbons (Fsp3) is 0.788. The van der Waals surface area contributed by atoms with Gasteiger partial charge in [0.15, 0.2) is 11.4 Å². The Morgan fingerprint density at radius 3 is 2.37 bits per heavy atom. The fourth-order valence-corrected chi connectivity index (χ4v) is 8.34. The number of aliphatic hydroxyl groups excluding tert-OH is 1. The summed E-state index contributed by atoms with van der Waals surface area (Å²) in [5.74, 6) is -4.60. The minimum Gasteiger partial charge on any atom is -0.457 e. The standard InChI is InChI=1S/C33H50O8/c1-8-10-11-12-13-14-25(35)41-33-26(30(33,6)7)23-16-22(18-34)17-31(38)24(15-20(4)27(31)36)32(23,39)21(5)28(33)40-29(37)19(3)9-2/h15-16,19,21,23-24,26,28,34,38-39H,8-14,17-18H2,1-7H3/t19-,21+,23-,24+,26+,28?,31+,32+,33+/m0/s1. The summed E-state index contributed by atoms with van der Waals surface area (Å²) < 4.78 is 12.6. The highest BCUT2D eigenvalue weighted by Gasteiger charge is 2.88. The van der Waals surface area contributed by atoms with E-state index in [1.54, 1.807) is 32.9 Å². The number of hydrogen-bond acceptors (Lipinski definition) is 8. The molecule has 0 saturated heterocycles. The van der Waals surface area contributed by atoms with Gasteiger partial charge in [0, 0.05) is 41.9 Å². The molecule has 0 aromatic heterocycles. The fourth-order valence-electron chi connectivity index (χ4n) is 8.34. The lowest BCUT2D eigenvalue weighted by Gasteiger charge is -2.53. The molecule has 41 heavy (non-hydrogen) atoms. The molecule has 0 heterocycles. The van der Waals surface area contributed by atoms with Crippen LogP contribution in [0.3, 0.4) is 0 Å². The smallest absolute Gasteiger partial charge is 0.309 e. The number of unbranched alkanes of at least 4 members (excludes halogenated alkanes) is 4. The lowest BCUT2D eigenvalue weighted by Crippen LogP contribution is -2.66. The van der Waals surface area contributed by atoms with Crippen molar-refractivity contribution < 1.29 is 39.2 Å². The maximum atomic E-state index is 13.4. The molecular formula is C33H50O8. The molecule has 0 radical (unpaired) electrons. The Morgan fingerprint density at radius 1 is 1.10 bits per heavy atom. The van der Waals surface area contributed by atoms with Crippen molar-refractivity contribution in [3.05, 3.63) is 23.3 Å². The summed E-state index contributed by atoms with van der Waals surface area (Å²) in [5, 5.41) is 34.9. The average Bonchev–Trinajstić information content (AvgIpc) is 3.35. The zero-order valence-electron chi connectivity index (χ0n) is 25.9. The van der Waals surface area contributed by atoms with E-state index >= 15 is 0 Å². The molecular weight excluding hydrogens is 524 g/mol. The van der Waals surface area contributed by atoms with E-state index in [0.717, 1.165) is 25.7 Å². The van der Waals surface area contributed by atoms with Crippen LogP contribution in [-0.4, -0.2) is 62.6 Å². The zero-order chi connectivity index (χ0) is 30.5. The van der Waals surface area contributed by atoms with Gasteiger partial charge in [-0.3, -0.25) is 14.4 Å². The molecule has 8 heteroatoms. The molecule has 1 unspecified atom stereocenters. The lowest BCUT2D eigenvalue weighted by molar-refractivity contribution is -0.230. The summed E-state index contributed by atoms with van der Waals surface area (Å²) in [5.41, 5.74) is -4.74. The van der Waals surface area contributed by atoms with Gasteiger partial charge in [0.05, 0.1) is 18.1 Å². The number of fused-ring (bicyclic) bond motifs is 5. The summed E-state index contributed by atoms with van der Waals surface area (Å²) >= 11 is 0. The van der Waals surface area contributed by atoms with Crippen LogP contribution in [0.2, 0.25) is 0 Å². The minimum atomic E-state index is -1.93. The van der Waals surface area contributed by atoms with E-state index in [0.29, 0.717) is 24.0 Å². The Hall–Kier alpha value is -2.03. The second kappa shape index (κ2) is 11.2. The van der Waals surface area contributed by atoms with Crippen LogP contribution in [-0.2, 0) is 23.9 Å². The van der Waals surface area contributed by atoms with Gasteiger partial charge in [0.2, 0.25) is 0 Å². The SMILES string of the molecule is CCCCCCCC(=O)O[C@@]12C(OC(=O)[C@@H](C)CC)[C@@H](C)[C@@]3(O)[C@@H](C=C(CO)C[C@]4(O)C(=O)C(C)=C[C@@H]34)[C@@H]1C2(C)C. The van der Waals surface area contributed by atoms with E-state index in [1.807, 2.05) is 20.8 Å². The van der Waals surface area contributed by atoms with Gasteiger partial charge in [-0.1, -0.05) is 79.4 Å². The van der Waals surface area contributed by atoms with Crippen molar-refractivity contribution in [2.45, 2.75) is 123 Å². The van der Waals surface area contributed by atoms with Crippen LogP contribution in [0.15, 0.2) is 23.3 Å². The minimum absolute atomic E-state index is 0.110. The normalized spacial score (nSPS) is 39.4. The number of hydrogen-bond donors (Lipinski definition) is 3. The van der Waals surface area contributed by atoms with Crippen LogP contribution in [0, 0.1) is 35.0 Å². The van der Waals surface area contributed by atoms with Crippen LogP contribution in [0.4, 0.5) is 0 Å². The highest BCUT2D eigenvalue weighted by molar-refractivity contribution is 6.04. The maximum absolute atomic E-state index is 13.4. The first kappa shape index (κ1) is 31.9. The largest absolute Gasteiger partial charge is 0.457 e. The van der Waals surface area contributed by atoms with E-state index in [-0.39, 0.29) is 25.4 Å². The Morgan fingerprint density at radius 2 is 1.76 bits per heavy atom. The van der Waals surface area contributed by atoms with E-state index in [9.17, 15) is 29.7 Å². The molecule has 4 aliphatic carbocycles. The Bertz CT molecular complexity index is 1120. The quantitative estimate of drug-likeness (QED) is 0.188. The van der Waals surface area contributed by atoms with Crippen LogP contribution < -0.4 is 0 Å². The summed E-state index contributed by atoms with van der Waals surface area (Å²) in [4.78, 5) is 39.9. The number of Topliss-reactive ketones (excluding diaryl/α,β-unsaturated/α-hetero) is 1. The first-order valence-electron chi connectivity index (χ1n) is 15.6. The van der Waals surface area contributed by atoms with E-state index in [1.165, 1.54) is 0 Å². The number of rotatable bonds is 11. The summed E-state index contributed by atoms with van der Waals surface area (Å²) in [7, 11) is 0. The highest BCUT2D eigenvalue weighted by atomic mass is 16.6. The number of carbonyl (C=O) groups is 3. The lowest BCUT2D eigenvalue weighted by atomic mass is 9.59. The molecule has 0 bridgehead atoms. The van der Waals surface area contributed by atoms with Crippen molar-refractivity contribution in [1.29, 1.82) is 0 Å². The van der Waals surface area contributed by atoms with Gasteiger partial charge in [0.25, 0.3) is 0 Å². The molecule has 8 nitrogen and oxygen atoms in total. The molecule has 0 amide bonds. The van der Waals surface area contributed by atoms with E-state index < -0.39 is 69.7 Å². The van der Waals surface area contributed by atoms with Crippen molar-refractivity contribution in [3.8, 4) is 0 Å². The van der Waals surface area contributed by atoms with Gasteiger partial charge in [-0.2, -0.15) is 0 Å². The average molecular weight is 575 g/mol. The van der Waals surface area contributed by atoms with Crippen molar-refractivity contribution in [2.24, 2.45) is 35.0 Å². The van der Waals surface area contributed by atoms with Crippen molar-refractivity contribution >= 4 is 17.7 Å². The summed E-state index contributed by atoms with van der Waals surface area (Å²) in [6.07, 6.45) is 8.03. The number of ketones is 1. The molecule has 0 spiro atoms. The third-order valence-corrected chi connectivity index (χ3v) is 11.0. The van der Waals surface area contributed by atoms with Crippen molar-refractivity contribution in [2.75, 3.05) is 6.61 Å². The highest BCUT2D eigenvalue weighted by Crippen LogP contribution is 2.77. The molecule has 0 aliphatic heterocycles. The third-order valence-electron chi connectivity index (χ3n) is 11.0. The summed E-state index contributed by atoms with van der Waals surface area (Å²) in [6.45, 7) is 12.7. The number of ether oxygens (including phenoxy) is 2. The van der Waals surface area contributed by atoms with Gasteiger partial charge in [-0.15, -0.1) is 0 Å². The topological polar surface area (TPSA) is 130 Å². The summed E-state index contributed by atoms with van der Waals surface area (Å²) in [6, 6.07) is 0. The Labute approximate surface area is 244 Å². The van der Waals surface area contributed by atoms with Crippen LogP contribution in [0.5, 0.6) is 0 Å². The molecule has 2 saturated carbocycles. The van der Waals surface area contributed by atoms with Gasteiger partial charge >= 0.3 is 11.9 Å². The second-order valence-electron chi connectivity index (χ2n) is 13.7. The second-order valence-corrected chi connectivity index (χ2v) is 13.7. The molecule has 4 aliphatic rings. The first-order chi connectivity index (χ1) is 19.2. The number of esters is 2. The van der Waals surface area contributed by atoms with Gasteiger partial charge < -0.3 is 24.8 Å². The van der Waals surface area contributed by atoms with Gasteiger partial charge in [-0.05, 0) is 30.9 Å². The zero-order valence-corrected chi connectivity index (χ0v) is 25.9. The molecule has 9 atom stereocenters. The molecule has 3 N–H and O–H groups in total. The van der Waals surface area contributed by atoms with Crippen LogP contribution >= 0.6 is 0 Å². The van der Waals surface area contributed by atoms with Crippen LogP contribution in [0.1, 0.15) is 99.8 Å². The predicted octanol–water partition coefficient (Wildman–Crippen LogP) is 4.44. The molecule has 0 aromatic carbocycles. The molecule has 4 rings (SSSR count). The molecule has 2 fully saturated rings. The van der Waals surface area contributed by atoms with Gasteiger partial charge in [0.1, 0.15) is 11.7 Å². The van der Waals surface area contributed by atoms with Crippen LogP contribution in [0.25, 0.3) is 0 Å². The molecule has 0 aromatic rings. The first-order valence-corrected chi connectivity index (χ1v) is 15.6. The number of aliphatic hydroxyl groups is 3. The predicted molar refractivity (Wildman–Crippen MR) is 153 cm³/mol.